The summed E-state index contributed by atoms with van der Waals surface area (Å²) >= 11 is 5.01. The van der Waals surface area contributed by atoms with Gasteiger partial charge in [-0.2, -0.15) is 13.2 Å². The fourth-order valence-electron chi connectivity index (χ4n) is 1.21. The molecule has 0 unspecified atom stereocenters. The molecule has 0 fully saturated rings. The Kier molecular flexibility index (Phi) is 4.92. The van der Waals surface area contributed by atoms with Crippen molar-refractivity contribution in [1.82, 2.24) is 0 Å². The molecule has 1 aromatic carbocycles. The minimum absolute atomic E-state index is 0.273. The fraction of sp³-hybridized carbons (Fsp3) is 0.400. The lowest BCUT2D eigenvalue weighted by molar-refractivity contribution is -0.0329. The van der Waals surface area contributed by atoms with Crippen LogP contribution in [0.2, 0.25) is 0 Å². The van der Waals surface area contributed by atoms with Crippen molar-refractivity contribution in [1.29, 1.82) is 0 Å². The summed E-state index contributed by atoms with van der Waals surface area (Å²) in [5, 5.41) is 0. The highest BCUT2D eigenvalue weighted by Gasteiger charge is 2.31. The Morgan fingerprint density at radius 1 is 1.25 bits per heavy atom. The topological polar surface area (TPSA) is 0 Å². The third kappa shape index (κ3) is 4.22. The highest BCUT2D eigenvalue weighted by molar-refractivity contribution is 8.00. The van der Waals surface area contributed by atoms with E-state index in [1.807, 2.05) is 0 Å². The Morgan fingerprint density at radius 2 is 1.94 bits per heavy atom. The molecule has 0 atom stereocenters. The standard InChI is InChI=1S/C10H9ClF4S/c11-6-2-4-7-3-1-5-8(9(7)12)16-10(13,14)15/h1,3,5H,2,4,6H2. The zero-order chi connectivity index (χ0) is 12.2. The molecule has 0 heterocycles. The van der Waals surface area contributed by atoms with E-state index in [0.717, 1.165) is 6.07 Å². The van der Waals surface area contributed by atoms with Crippen LogP contribution in [0.25, 0.3) is 0 Å². The largest absolute Gasteiger partial charge is 0.446 e. The summed E-state index contributed by atoms with van der Waals surface area (Å²) in [6, 6.07) is 4.01. The molecule has 0 N–H and O–H groups in total. The molecule has 0 radical (unpaired) electrons. The molecule has 0 bridgehead atoms. The van der Waals surface area contributed by atoms with Gasteiger partial charge in [-0.05, 0) is 36.2 Å². The summed E-state index contributed by atoms with van der Waals surface area (Å²) in [6.07, 6.45) is 0.889. The van der Waals surface area contributed by atoms with Gasteiger partial charge in [-0.15, -0.1) is 11.6 Å². The van der Waals surface area contributed by atoms with Crippen LogP contribution < -0.4 is 0 Å². The number of alkyl halides is 4. The van der Waals surface area contributed by atoms with Crippen molar-refractivity contribution >= 4 is 23.4 Å². The summed E-state index contributed by atoms with van der Waals surface area (Å²) in [7, 11) is 0. The van der Waals surface area contributed by atoms with E-state index >= 15 is 0 Å². The van der Waals surface area contributed by atoms with Crippen molar-refractivity contribution in [2.24, 2.45) is 0 Å². The van der Waals surface area contributed by atoms with E-state index in [-0.39, 0.29) is 10.5 Å². The van der Waals surface area contributed by atoms with Gasteiger partial charge in [-0.25, -0.2) is 4.39 Å². The van der Waals surface area contributed by atoms with Crippen LogP contribution >= 0.6 is 23.4 Å². The van der Waals surface area contributed by atoms with Gasteiger partial charge >= 0.3 is 5.51 Å². The Balaban J connectivity index is 2.86. The molecule has 0 saturated carbocycles. The fourth-order valence-corrected chi connectivity index (χ4v) is 1.96. The summed E-state index contributed by atoms with van der Waals surface area (Å²) < 4.78 is 49.8. The number of benzene rings is 1. The van der Waals surface area contributed by atoms with Crippen LogP contribution in [0, 0.1) is 5.82 Å². The van der Waals surface area contributed by atoms with Gasteiger partial charge in [0.2, 0.25) is 0 Å². The second-order valence-electron chi connectivity index (χ2n) is 3.07. The summed E-state index contributed by atoms with van der Waals surface area (Å²) in [5.74, 6) is -0.439. The first-order chi connectivity index (χ1) is 7.44. The highest BCUT2D eigenvalue weighted by Crippen LogP contribution is 2.38. The van der Waals surface area contributed by atoms with Crippen molar-refractivity contribution < 1.29 is 17.6 Å². The lowest BCUT2D eigenvalue weighted by Crippen LogP contribution is -2.02. The van der Waals surface area contributed by atoms with E-state index in [2.05, 4.69) is 0 Å². The van der Waals surface area contributed by atoms with Crippen LogP contribution in [0.4, 0.5) is 17.6 Å². The zero-order valence-electron chi connectivity index (χ0n) is 8.15. The Labute approximate surface area is 100.0 Å². The number of thioether (sulfide) groups is 1. The molecule has 0 spiro atoms. The average Bonchev–Trinajstić information content (AvgIpc) is 2.17. The number of rotatable bonds is 4. The van der Waals surface area contributed by atoms with Crippen molar-refractivity contribution in [2.45, 2.75) is 23.2 Å². The van der Waals surface area contributed by atoms with Crippen molar-refractivity contribution in [2.75, 3.05) is 5.88 Å². The van der Waals surface area contributed by atoms with Crippen LogP contribution in [0.15, 0.2) is 23.1 Å². The van der Waals surface area contributed by atoms with Gasteiger partial charge in [0.25, 0.3) is 0 Å². The monoisotopic (exact) mass is 272 g/mol. The first kappa shape index (κ1) is 13.6. The van der Waals surface area contributed by atoms with E-state index in [9.17, 15) is 17.6 Å². The second kappa shape index (κ2) is 5.77. The lowest BCUT2D eigenvalue weighted by Gasteiger charge is -2.09. The molecule has 0 aromatic heterocycles. The van der Waals surface area contributed by atoms with E-state index in [1.165, 1.54) is 12.1 Å². The normalized spacial score (nSPS) is 11.8. The zero-order valence-corrected chi connectivity index (χ0v) is 9.72. The average molecular weight is 273 g/mol. The predicted octanol–water partition coefficient (Wildman–Crippen LogP) is 4.61. The van der Waals surface area contributed by atoms with Gasteiger partial charge in [0.05, 0.1) is 4.90 Å². The summed E-state index contributed by atoms with van der Waals surface area (Å²) in [4.78, 5) is -0.389. The second-order valence-corrected chi connectivity index (χ2v) is 4.55. The van der Waals surface area contributed by atoms with E-state index in [0.29, 0.717) is 18.7 Å². The first-order valence-corrected chi connectivity index (χ1v) is 5.88. The van der Waals surface area contributed by atoms with Gasteiger partial charge in [0.15, 0.2) is 0 Å². The van der Waals surface area contributed by atoms with E-state index in [4.69, 9.17) is 11.6 Å². The molecule has 0 saturated heterocycles. The molecule has 6 heteroatoms. The number of aryl methyl sites for hydroxylation is 1. The van der Waals surface area contributed by atoms with Crippen LogP contribution in [0.1, 0.15) is 12.0 Å². The molecule has 1 aromatic rings. The molecular formula is C10H9ClF4S. The maximum atomic E-state index is 13.6. The molecular weight excluding hydrogens is 264 g/mol. The van der Waals surface area contributed by atoms with Crippen molar-refractivity contribution in [3.63, 3.8) is 0 Å². The number of hydrogen-bond acceptors (Lipinski definition) is 1. The van der Waals surface area contributed by atoms with Crippen LogP contribution in [0.3, 0.4) is 0 Å². The van der Waals surface area contributed by atoms with Crippen molar-refractivity contribution in [3.05, 3.63) is 29.6 Å². The molecule has 0 aliphatic heterocycles. The van der Waals surface area contributed by atoms with Crippen LogP contribution in [0.5, 0.6) is 0 Å². The minimum Gasteiger partial charge on any atom is -0.205 e. The molecule has 0 nitrogen and oxygen atoms in total. The maximum Gasteiger partial charge on any atom is 0.446 e. The lowest BCUT2D eigenvalue weighted by atomic mass is 10.1. The Morgan fingerprint density at radius 3 is 2.50 bits per heavy atom. The molecule has 0 amide bonds. The SMILES string of the molecule is Fc1c(CCCCl)cccc1SC(F)(F)F. The quantitative estimate of drug-likeness (QED) is 0.438. The molecule has 90 valence electrons. The molecule has 0 aliphatic rings. The summed E-state index contributed by atoms with van der Waals surface area (Å²) in [6.45, 7) is 0. The third-order valence-electron chi connectivity index (χ3n) is 1.85. The predicted molar refractivity (Wildman–Crippen MR) is 57.4 cm³/mol. The Bertz CT molecular complexity index is 351. The molecule has 16 heavy (non-hydrogen) atoms. The van der Waals surface area contributed by atoms with Crippen LogP contribution in [-0.4, -0.2) is 11.4 Å². The maximum absolute atomic E-state index is 13.6. The number of halogens is 5. The molecule has 0 aliphatic carbocycles. The first-order valence-electron chi connectivity index (χ1n) is 4.53. The van der Waals surface area contributed by atoms with Gasteiger partial charge in [-0.3, -0.25) is 0 Å². The van der Waals surface area contributed by atoms with Gasteiger partial charge in [-0.1, -0.05) is 12.1 Å². The van der Waals surface area contributed by atoms with Crippen LogP contribution in [-0.2, 0) is 6.42 Å². The van der Waals surface area contributed by atoms with E-state index < -0.39 is 23.1 Å². The van der Waals surface area contributed by atoms with Gasteiger partial charge in [0, 0.05) is 5.88 Å². The summed E-state index contributed by atoms with van der Waals surface area (Å²) in [5.41, 5.74) is -4.19. The minimum atomic E-state index is -4.47. The smallest absolute Gasteiger partial charge is 0.205 e. The highest BCUT2D eigenvalue weighted by atomic mass is 35.5. The van der Waals surface area contributed by atoms with Gasteiger partial charge < -0.3 is 0 Å². The van der Waals surface area contributed by atoms with E-state index in [1.54, 1.807) is 0 Å². The third-order valence-corrected chi connectivity index (χ3v) is 2.88. The Hall–Kier alpha value is -0.420. The molecule has 1 rings (SSSR count). The van der Waals surface area contributed by atoms with Gasteiger partial charge in [0.1, 0.15) is 5.82 Å². The van der Waals surface area contributed by atoms with Crippen molar-refractivity contribution in [3.8, 4) is 0 Å². The number of hydrogen-bond donors (Lipinski definition) is 0.